The van der Waals surface area contributed by atoms with Crippen molar-refractivity contribution in [3.63, 3.8) is 0 Å². The summed E-state index contributed by atoms with van der Waals surface area (Å²) in [6, 6.07) is 5.60. The van der Waals surface area contributed by atoms with E-state index >= 15 is 0 Å². The maximum atomic E-state index is 10.9. The molecule has 0 radical (unpaired) electrons. The second-order valence-electron chi connectivity index (χ2n) is 3.46. The lowest BCUT2D eigenvalue weighted by Crippen LogP contribution is -2.26. The van der Waals surface area contributed by atoms with Crippen LogP contribution in [0.3, 0.4) is 0 Å². The second-order valence-corrected chi connectivity index (χ2v) is 4.37. The molecule has 1 N–H and O–H groups in total. The maximum Gasteiger partial charge on any atom is 0.344 e. The fraction of sp³-hybridized carbons (Fsp3) is 0.417. The van der Waals surface area contributed by atoms with E-state index in [2.05, 4.69) is 15.9 Å². The van der Waals surface area contributed by atoms with Gasteiger partial charge in [-0.1, -0.05) is 29.8 Å². The molecule has 0 bridgehead atoms. The predicted octanol–water partition coefficient (Wildman–Crippen LogP) is 3.25. The van der Waals surface area contributed by atoms with Crippen LogP contribution in [0.15, 0.2) is 22.7 Å². The van der Waals surface area contributed by atoms with E-state index in [9.17, 15) is 4.79 Å². The number of carboxylic acids is 1. The molecular weight excluding hydrogens is 272 g/mol. The van der Waals surface area contributed by atoms with E-state index in [-0.39, 0.29) is 0 Å². The van der Waals surface area contributed by atoms with Crippen molar-refractivity contribution in [1.29, 1.82) is 0 Å². The Morgan fingerprint density at radius 1 is 1.50 bits per heavy atom. The van der Waals surface area contributed by atoms with Crippen LogP contribution >= 0.6 is 15.9 Å². The highest BCUT2D eigenvalue weighted by molar-refractivity contribution is 9.10. The third-order valence-electron chi connectivity index (χ3n) is 2.32. The Bertz CT molecular complexity index is 377. The van der Waals surface area contributed by atoms with Gasteiger partial charge in [0.05, 0.1) is 0 Å². The zero-order valence-corrected chi connectivity index (χ0v) is 11.0. The van der Waals surface area contributed by atoms with Crippen molar-refractivity contribution < 1.29 is 14.6 Å². The number of rotatable bonds is 5. The van der Waals surface area contributed by atoms with Crippen molar-refractivity contribution in [3.05, 3.63) is 28.2 Å². The first kappa shape index (κ1) is 13.0. The number of carboxylic acid groups (broad SMARTS) is 1. The van der Waals surface area contributed by atoms with Gasteiger partial charge in [0.15, 0.2) is 6.10 Å². The first-order valence-corrected chi connectivity index (χ1v) is 6.05. The van der Waals surface area contributed by atoms with Crippen LogP contribution in [0.1, 0.15) is 25.8 Å². The molecule has 4 heteroatoms. The molecule has 0 spiro atoms. The molecule has 0 aromatic heterocycles. The summed E-state index contributed by atoms with van der Waals surface area (Å²) in [5.41, 5.74) is 1.01. The Balaban J connectivity index is 2.91. The lowest BCUT2D eigenvalue weighted by molar-refractivity contribution is -0.145. The largest absolute Gasteiger partial charge is 0.479 e. The molecule has 1 aromatic carbocycles. The van der Waals surface area contributed by atoms with Crippen molar-refractivity contribution in [2.45, 2.75) is 32.8 Å². The average molecular weight is 287 g/mol. The van der Waals surface area contributed by atoms with Gasteiger partial charge in [-0.2, -0.15) is 0 Å². The number of halogens is 1. The summed E-state index contributed by atoms with van der Waals surface area (Å²) in [6.45, 7) is 3.81. The molecular formula is C12H15BrO3. The van der Waals surface area contributed by atoms with E-state index in [1.165, 1.54) is 0 Å². The molecule has 88 valence electrons. The Kier molecular flexibility index (Phi) is 4.80. The van der Waals surface area contributed by atoms with E-state index in [0.717, 1.165) is 16.5 Å². The van der Waals surface area contributed by atoms with Crippen LogP contribution in [0.2, 0.25) is 0 Å². The molecule has 0 aliphatic carbocycles. The Hall–Kier alpha value is -1.03. The van der Waals surface area contributed by atoms with Crippen LogP contribution in [0, 0.1) is 0 Å². The van der Waals surface area contributed by atoms with E-state index in [1.807, 2.05) is 19.1 Å². The first-order chi connectivity index (χ1) is 7.58. The summed E-state index contributed by atoms with van der Waals surface area (Å²) in [5, 5.41) is 8.92. The molecule has 0 fully saturated rings. The summed E-state index contributed by atoms with van der Waals surface area (Å²) in [5.74, 6) is -0.271. The van der Waals surface area contributed by atoms with Crippen LogP contribution in [0.25, 0.3) is 0 Å². The van der Waals surface area contributed by atoms with Gasteiger partial charge in [-0.05, 0) is 36.6 Å². The van der Waals surface area contributed by atoms with Crippen molar-refractivity contribution >= 4 is 21.9 Å². The van der Waals surface area contributed by atoms with Gasteiger partial charge in [0.2, 0.25) is 0 Å². The van der Waals surface area contributed by atoms with Crippen LogP contribution in [0.5, 0.6) is 5.75 Å². The van der Waals surface area contributed by atoms with E-state index in [4.69, 9.17) is 9.84 Å². The number of benzene rings is 1. The number of hydrogen-bond donors (Lipinski definition) is 1. The normalized spacial score (nSPS) is 12.2. The first-order valence-electron chi connectivity index (χ1n) is 5.26. The zero-order valence-electron chi connectivity index (χ0n) is 9.37. The molecule has 3 nitrogen and oxygen atoms in total. The summed E-state index contributed by atoms with van der Waals surface area (Å²) in [4.78, 5) is 10.9. The number of aryl methyl sites for hydroxylation is 1. The summed E-state index contributed by atoms with van der Waals surface area (Å²) in [6.07, 6.45) is 0.491. The van der Waals surface area contributed by atoms with Crippen molar-refractivity contribution in [2.24, 2.45) is 0 Å². The minimum absolute atomic E-state index is 0.453. The van der Waals surface area contributed by atoms with Gasteiger partial charge in [0, 0.05) is 4.47 Å². The van der Waals surface area contributed by atoms with E-state index in [0.29, 0.717) is 12.2 Å². The van der Waals surface area contributed by atoms with Crippen molar-refractivity contribution in [1.82, 2.24) is 0 Å². The average Bonchev–Trinajstić information content (AvgIpc) is 2.26. The molecule has 0 heterocycles. The molecule has 0 aliphatic heterocycles. The third-order valence-corrected chi connectivity index (χ3v) is 2.81. The quantitative estimate of drug-likeness (QED) is 0.904. The molecule has 0 aliphatic rings. The summed E-state index contributed by atoms with van der Waals surface area (Å²) in [7, 11) is 0. The fourth-order valence-corrected chi connectivity index (χ4v) is 1.81. The number of ether oxygens (including phenoxy) is 1. The van der Waals surface area contributed by atoms with E-state index < -0.39 is 12.1 Å². The Labute approximate surface area is 104 Å². The molecule has 0 saturated heterocycles. The standard InChI is InChI=1S/C12H15BrO3/c1-3-8-7-9(13)5-6-11(8)16-10(4-2)12(14)15/h5-7,10H,3-4H2,1-2H3,(H,14,15). The second kappa shape index (κ2) is 5.89. The Morgan fingerprint density at radius 3 is 2.69 bits per heavy atom. The molecule has 1 rings (SSSR count). The number of aliphatic carboxylic acids is 1. The van der Waals surface area contributed by atoms with Gasteiger partial charge in [-0.15, -0.1) is 0 Å². The van der Waals surface area contributed by atoms with Gasteiger partial charge in [-0.3, -0.25) is 0 Å². The monoisotopic (exact) mass is 286 g/mol. The van der Waals surface area contributed by atoms with Crippen molar-refractivity contribution in [3.8, 4) is 5.75 Å². The highest BCUT2D eigenvalue weighted by Crippen LogP contribution is 2.25. The summed E-state index contributed by atoms with van der Waals surface area (Å²) < 4.78 is 6.45. The minimum atomic E-state index is -0.924. The van der Waals surface area contributed by atoms with E-state index in [1.54, 1.807) is 13.0 Å². The number of hydrogen-bond acceptors (Lipinski definition) is 2. The molecule has 1 atom stereocenters. The lowest BCUT2D eigenvalue weighted by Gasteiger charge is -2.16. The SMILES string of the molecule is CCc1cc(Br)ccc1OC(CC)C(=O)O. The Morgan fingerprint density at radius 2 is 2.19 bits per heavy atom. The highest BCUT2D eigenvalue weighted by Gasteiger charge is 2.17. The zero-order chi connectivity index (χ0) is 12.1. The van der Waals surface area contributed by atoms with Gasteiger partial charge in [-0.25, -0.2) is 4.79 Å². The van der Waals surface area contributed by atoms with Crippen LogP contribution in [-0.2, 0) is 11.2 Å². The molecule has 1 aromatic rings. The molecule has 0 amide bonds. The van der Waals surface area contributed by atoms with Gasteiger partial charge in [0.25, 0.3) is 0 Å². The van der Waals surface area contributed by atoms with Crippen LogP contribution < -0.4 is 4.74 Å². The molecule has 0 saturated carbocycles. The maximum absolute atomic E-state index is 10.9. The highest BCUT2D eigenvalue weighted by atomic mass is 79.9. The number of carbonyl (C=O) groups is 1. The van der Waals surface area contributed by atoms with Crippen LogP contribution in [0.4, 0.5) is 0 Å². The smallest absolute Gasteiger partial charge is 0.344 e. The van der Waals surface area contributed by atoms with Gasteiger partial charge >= 0.3 is 5.97 Å². The topological polar surface area (TPSA) is 46.5 Å². The fourth-order valence-electron chi connectivity index (χ4n) is 1.40. The van der Waals surface area contributed by atoms with Crippen LogP contribution in [-0.4, -0.2) is 17.2 Å². The third kappa shape index (κ3) is 3.23. The predicted molar refractivity (Wildman–Crippen MR) is 65.9 cm³/mol. The molecule has 16 heavy (non-hydrogen) atoms. The van der Waals surface area contributed by atoms with Gasteiger partial charge < -0.3 is 9.84 Å². The van der Waals surface area contributed by atoms with Crippen molar-refractivity contribution in [2.75, 3.05) is 0 Å². The molecule has 1 unspecified atom stereocenters. The summed E-state index contributed by atoms with van der Waals surface area (Å²) >= 11 is 3.38. The lowest BCUT2D eigenvalue weighted by atomic mass is 10.1. The minimum Gasteiger partial charge on any atom is -0.479 e. The van der Waals surface area contributed by atoms with Gasteiger partial charge in [0.1, 0.15) is 5.75 Å².